The van der Waals surface area contributed by atoms with Crippen molar-refractivity contribution in [3.8, 4) is 0 Å². The Bertz CT molecular complexity index is 67.0. The lowest BCUT2D eigenvalue weighted by molar-refractivity contribution is 0.349. The van der Waals surface area contributed by atoms with Gasteiger partial charge in [0.2, 0.25) is 0 Å². The molecule has 0 aliphatic heterocycles. The Morgan fingerprint density at radius 3 is 2.56 bits per heavy atom. The van der Waals surface area contributed by atoms with Crippen LogP contribution >= 0.6 is 0 Å². The van der Waals surface area contributed by atoms with Crippen LogP contribution in [0.25, 0.3) is 0 Å². The van der Waals surface area contributed by atoms with E-state index in [9.17, 15) is 5.11 Å². The molecule has 0 saturated carbocycles. The average molecular weight is 127 g/mol. The zero-order valence-corrected chi connectivity index (χ0v) is 6.10. The summed E-state index contributed by atoms with van der Waals surface area (Å²) in [4.78, 5) is 0. The molecule has 0 amide bonds. The molecular weight excluding hydrogens is 112 g/mol. The first-order chi connectivity index (χ1) is 4.41. The summed E-state index contributed by atoms with van der Waals surface area (Å²) >= 11 is 0. The molecule has 0 aromatic carbocycles. The van der Waals surface area contributed by atoms with Crippen LogP contribution in [-0.4, -0.2) is 0 Å². The summed E-state index contributed by atoms with van der Waals surface area (Å²) in [7, 11) is 0. The molecule has 0 bridgehead atoms. The Kier molecular flexibility index (Phi) is 7.15. The largest absolute Gasteiger partial charge is 0.299 e. The first-order valence-electron chi connectivity index (χ1n) is 3.68. The second-order valence-electron chi connectivity index (χ2n) is 2.22. The van der Waals surface area contributed by atoms with Crippen molar-refractivity contribution in [2.45, 2.75) is 39.0 Å². The summed E-state index contributed by atoms with van der Waals surface area (Å²) in [6.45, 7) is 2.18. The molecule has 0 heterocycles. The lowest BCUT2D eigenvalue weighted by atomic mass is 10.2. The summed E-state index contributed by atoms with van der Waals surface area (Å²) in [5, 5.41) is 9.78. The van der Waals surface area contributed by atoms with Crippen molar-refractivity contribution < 1.29 is 5.11 Å². The zero-order chi connectivity index (χ0) is 6.95. The van der Waals surface area contributed by atoms with Crippen molar-refractivity contribution in [1.82, 2.24) is 0 Å². The van der Waals surface area contributed by atoms with Crippen molar-refractivity contribution >= 4 is 0 Å². The second kappa shape index (κ2) is 7.54. The van der Waals surface area contributed by atoms with E-state index in [1.54, 1.807) is 6.08 Å². The lowest BCUT2D eigenvalue weighted by Crippen LogP contribution is -1.72. The highest BCUT2D eigenvalue weighted by atomic mass is 16.2. The van der Waals surface area contributed by atoms with Gasteiger partial charge in [-0.25, -0.2) is 0 Å². The predicted octanol–water partition coefficient (Wildman–Crippen LogP) is 2.90. The van der Waals surface area contributed by atoms with Crippen LogP contribution in [0.3, 0.4) is 0 Å². The van der Waals surface area contributed by atoms with Crippen molar-refractivity contribution in [3.63, 3.8) is 0 Å². The van der Waals surface area contributed by atoms with Crippen LogP contribution in [-0.2, 0) is 5.11 Å². The summed E-state index contributed by atoms with van der Waals surface area (Å²) in [6, 6.07) is 0. The van der Waals surface area contributed by atoms with Crippen LogP contribution < -0.4 is 0 Å². The zero-order valence-electron chi connectivity index (χ0n) is 6.10. The maximum Gasteiger partial charge on any atom is 0.138 e. The molecule has 9 heavy (non-hydrogen) atoms. The highest BCUT2D eigenvalue weighted by Crippen LogP contribution is 2.02. The van der Waals surface area contributed by atoms with Gasteiger partial charge in [-0.05, 0) is 18.9 Å². The van der Waals surface area contributed by atoms with Crippen LogP contribution in [0.1, 0.15) is 39.0 Å². The molecule has 1 nitrogen and oxygen atoms in total. The van der Waals surface area contributed by atoms with Gasteiger partial charge in [0.25, 0.3) is 0 Å². The molecule has 0 atom stereocenters. The van der Waals surface area contributed by atoms with Crippen LogP contribution in [0.4, 0.5) is 0 Å². The van der Waals surface area contributed by atoms with E-state index >= 15 is 0 Å². The summed E-state index contributed by atoms with van der Waals surface area (Å²) in [5.41, 5.74) is 0. The maximum atomic E-state index is 9.78. The van der Waals surface area contributed by atoms with Crippen molar-refractivity contribution in [2.24, 2.45) is 0 Å². The molecule has 0 fully saturated rings. The average Bonchev–Trinajstić information content (AvgIpc) is 1.89. The minimum atomic E-state index is 0.881. The Morgan fingerprint density at radius 2 is 2.00 bits per heavy atom. The molecule has 0 aliphatic carbocycles. The van der Waals surface area contributed by atoms with E-state index in [0.717, 1.165) is 12.7 Å². The third-order valence-electron chi connectivity index (χ3n) is 1.32. The van der Waals surface area contributed by atoms with E-state index in [0.29, 0.717) is 0 Å². The third-order valence-corrected chi connectivity index (χ3v) is 1.32. The Balaban J connectivity index is 2.75. The van der Waals surface area contributed by atoms with Gasteiger partial charge in [-0.2, -0.15) is 0 Å². The van der Waals surface area contributed by atoms with E-state index in [1.165, 1.54) is 25.7 Å². The number of unbranched alkanes of at least 4 members (excludes halogenated alkanes) is 4. The van der Waals surface area contributed by atoms with Gasteiger partial charge in [0.1, 0.15) is 6.26 Å². The van der Waals surface area contributed by atoms with E-state index in [2.05, 4.69) is 6.92 Å². The number of hydrogen-bond donors (Lipinski definition) is 0. The molecule has 0 rings (SSSR count). The van der Waals surface area contributed by atoms with E-state index in [4.69, 9.17) is 0 Å². The van der Waals surface area contributed by atoms with Gasteiger partial charge in [-0.3, -0.25) is 5.11 Å². The Labute approximate surface area is 57.4 Å². The van der Waals surface area contributed by atoms with Crippen LogP contribution in [0, 0.1) is 0 Å². The van der Waals surface area contributed by atoms with Crippen LogP contribution in [0.5, 0.6) is 0 Å². The third kappa shape index (κ3) is 7.54. The van der Waals surface area contributed by atoms with Gasteiger partial charge < -0.3 is 0 Å². The van der Waals surface area contributed by atoms with E-state index in [-0.39, 0.29) is 0 Å². The SMILES string of the molecule is CCCCCC/C=C/[O]. The highest BCUT2D eigenvalue weighted by Gasteiger charge is 1.83. The first-order valence-corrected chi connectivity index (χ1v) is 3.68. The first kappa shape index (κ1) is 8.54. The van der Waals surface area contributed by atoms with Gasteiger partial charge in [0, 0.05) is 0 Å². The molecule has 0 unspecified atom stereocenters. The molecule has 0 N–H and O–H groups in total. The number of rotatable bonds is 5. The van der Waals surface area contributed by atoms with E-state index < -0.39 is 0 Å². The molecular formula is C8H15O. The number of hydrogen-bond acceptors (Lipinski definition) is 0. The van der Waals surface area contributed by atoms with Gasteiger partial charge in [-0.1, -0.05) is 26.2 Å². The fourth-order valence-electron chi connectivity index (χ4n) is 0.757. The van der Waals surface area contributed by atoms with Crippen LogP contribution in [0.2, 0.25) is 0 Å². The van der Waals surface area contributed by atoms with Gasteiger partial charge in [0.15, 0.2) is 0 Å². The standard InChI is InChI=1S/C8H15O/c1-2-3-4-5-6-7-8-9/h7-8H,2-6H2,1H3/b8-7+. The molecule has 1 heteroatoms. The minimum Gasteiger partial charge on any atom is -0.299 e. The summed E-state index contributed by atoms with van der Waals surface area (Å²) in [6.07, 6.45) is 8.53. The predicted molar refractivity (Wildman–Crippen MR) is 38.6 cm³/mol. The molecule has 0 aromatic heterocycles. The Morgan fingerprint density at radius 1 is 1.22 bits per heavy atom. The maximum absolute atomic E-state index is 9.78. The Hall–Kier alpha value is -0.460. The van der Waals surface area contributed by atoms with Gasteiger partial charge in [0.05, 0.1) is 0 Å². The monoisotopic (exact) mass is 127 g/mol. The minimum absolute atomic E-state index is 0.881. The van der Waals surface area contributed by atoms with Crippen molar-refractivity contribution in [1.29, 1.82) is 0 Å². The molecule has 0 aromatic rings. The molecule has 0 saturated heterocycles. The second-order valence-corrected chi connectivity index (χ2v) is 2.22. The fourth-order valence-corrected chi connectivity index (χ4v) is 0.757. The molecule has 1 radical (unpaired) electrons. The normalized spacial score (nSPS) is 10.8. The van der Waals surface area contributed by atoms with E-state index in [1.807, 2.05) is 0 Å². The summed E-state index contributed by atoms with van der Waals surface area (Å²) < 4.78 is 0. The lowest BCUT2D eigenvalue weighted by Gasteiger charge is -1.91. The van der Waals surface area contributed by atoms with Crippen molar-refractivity contribution in [3.05, 3.63) is 12.3 Å². The topological polar surface area (TPSA) is 19.9 Å². The molecule has 0 aliphatic rings. The van der Waals surface area contributed by atoms with Gasteiger partial charge >= 0.3 is 0 Å². The molecule has 0 spiro atoms. The van der Waals surface area contributed by atoms with Gasteiger partial charge in [-0.15, -0.1) is 0 Å². The fraction of sp³-hybridized carbons (Fsp3) is 0.750. The quantitative estimate of drug-likeness (QED) is 0.399. The highest BCUT2D eigenvalue weighted by molar-refractivity contribution is 4.70. The smallest absolute Gasteiger partial charge is 0.138 e. The summed E-state index contributed by atoms with van der Waals surface area (Å²) in [5.74, 6) is 0. The molecule has 53 valence electrons. The van der Waals surface area contributed by atoms with Crippen LogP contribution in [0.15, 0.2) is 12.3 Å². The van der Waals surface area contributed by atoms with Crippen molar-refractivity contribution in [2.75, 3.05) is 0 Å². The number of allylic oxidation sites excluding steroid dienone is 1.